The van der Waals surface area contributed by atoms with E-state index in [2.05, 4.69) is 31.3 Å². The van der Waals surface area contributed by atoms with Crippen LogP contribution >= 0.6 is 28.1 Å². The van der Waals surface area contributed by atoms with Crippen molar-refractivity contribution >= 4 is 60.6 Å². The molecule has 1 amide bonds. The van der Waals surface area contributed by atoms with Gasteiger partial charge < -0.3 is 14.8 Å². The van der Waals surface area contributed by atoms with E-state index >= 15 is 0 Å². The third-order valence-corrected chi connectivity index (χ3v) is 7.90. The third-order valence-electron chi connectivity index (χ3n) is 5.68. The number of benzene rings is 4. The molecule has 0 aliphatic carbocycles. The average Bonchev–Trinajstić information content (AvgIpc) is 2.95. The Labute approximate surface area is 246 Å². The molecule has 4 rings (SSSR count). The minimum atomic E-state index is -3.80. The summed E-state index contributed by atoms with van der Waals surface area (Å²) in [5.74, 6) is 0.844. The summed E-state index contributed by atoms with van der Waals surface area (Å²) < 4.78 is 39.5. The summed E-state index contributed by atoms with van der Waals surface area (Å²) in [4.78, 5) is 12.8. The van der Waals surface area contributed by atoms with E-state index in [0.717, 1.165) is 6.42 Å². The predicted molar refractivity (Wildman–Crippen MR) is 164 cm³/mol. The van der Waals surface area contributed by atoms with Gasteiger partial charge in [-0.3, -0.25) is 14.8 Å². The zero-order valence-corrected chi connectivity index (χ0v) is 24.6. The van der Waals surface area contributed by atoms with Crippen LogP contribution < -0.4 is 24.8 Å². The van der Waals surface area contributed by atoms with Crippen molar-refractivity contribution in [3.8, 4) is 11.5 Å². The Hall–Kier alpha value is -3.93. The second kappa shape index (κ2) is 13.4. The molecular formula is C29H26BrN3O5S2. The maximum atomic E-state index is 12.7. The number of methoxy groups -OCH3 is 1. The van der Waals surface area contributed by atoms with Gasteiger partial charge in [-0.1, -0.05) is 30.3 Å². The van der Waals surface area contributed by atoms with Gasteiger partial charge in [0, 0.05) is 23.4 Å². The molecule has 206 valence electrons. The maximum absolute atomic E-state index is 12.7. The van der Waals surface area contributed by atoms with Gasteiger partial charge in [-0.25, -0.2) is 8.42 Å². The van der Waals surface area contributed by atoms with Gasteiger partial charge in [0.2, 0.25) is 0 Å². The number of anilines is 2. The highest BCUT2D eigenvalue weighted by molar-refractivity contribution is 9.10. The largest absolute Gasteiger partial charge is 0.497 e. The molecule has 0 aliphatic heterocycles. The molecule has 11 heteroatoms. The number of thiocarbonyl (C=S) groups is 1. The topological polar surface area (TPSA) is 106 Å². The third kappa shape index (κ3) is 8.04. The Morgan fingerprint density at radius 3 is 2.23 bits per heavy atom. The molecule has 0 atom stereocenters. The Balaban J connectivity index is 1.29. The Morgan fingerprint density at radius 1 is 0.900 bits per heavy atom. The van der Waals surface area contributed by atoms with Gasteiger partial charge in [0.05, 0.1) is 23.1 Å². The molecule has 0 fully saturated rings. The van der Waals surface area contributed by atoms with Crippen LogP contribution in [-0.2, 0) is 16.4 Å². The van der Waals surface area contributed by atoms with Crippen LogP contribution in [0.4, 0.5) is 11.4 Å². The number of carbonyl (C=O) groups is 1. The minimum Gasteiger partial charge on any atom is -0.497 e. The maximum Gasteiger partial charge on any atom is 0.261 e. The van der Waals surface area contributed by atoms with Crippen molar-refractivity contribution in [1.82, 2.24) is 5.32 Å². The summed E-state index contributed by atoms with van der Waals surface area (Å²) in [5, 5.41) is 5.57. The first-order valence-corrected chi connectivity index (χ1v) is 14.8. The monoisotopic (exact) mass is 639 g/mol. The average molecular weight is 641 g/mol. The molecule has 0 spiro atoms. The van der Waals surface area contributed by atoms with Gasteiger partial charge in [-0.15, -0.1) is 0 Å². The lowest BCUT2D eigenvalue weighted by Gasteiger charge is -2.12. The van der Waals surface area contributed by atoms with Crippen molar-refractivity contribution in [3.63, 3.8) is 0 Å². The molecule has 4 aromatic rings. The first-order chi connectivity index (χ1) is 19.2. The number of halogens is 1. The minimum absolute atomic E-state index is 0.0660. The predicted octanol–water partition coefficient (Wildman–Crippen LogP) is 6.01. The normalized spacial score (nSPS) is 10.8. The lowest BCUT2D eigenvalue weighted by Crippen LogP contribution is -2.34. The summed E-state index contributed by atoms with van der Waals surface area (Å²) in [5.41, 5.74) is 2.48. The van der Waals surface area contributed by atoms with Crippen molar-refractivity contribution in [3.05, 3.63) is 113 Å². The molecule has 0 aromatic heterocycles. The van der Waals surface area contributed by atoms with E-state index in [-0.39, 0.29) is 10.0 Å². The molecule has 4 aromatic carbocycles. The molecule has 0 radical (unpaired) electrons. The van der Waals surface area contributed by atoms with E-state index in [0.29, 0.717) is 39.5 Å². The Kier molecular flexibility index (Phi) is 9.75. The quantitative estimate of drug-likeness (QED) is 0.183. The standard InChI is InChI=1S/C29H26BrN3O5S2/c1-37-24-12-8-23(9-13-24)33-40(35,36)25-14-10-22(11-15-25)31-29(39)32-28(34)21-7-16-27(26(30)19-21)38-18-17-20-5-3-2-4-6-20/h2-16,19,33H,17-18H2,1H3,(H2,31,32,34,39). The van der Waals surface area contributed by atoms with Crippen molar-refractivity contribution in [1.29, 1.82) is 0 Å². The molecule has 0 bridgehead atoms. The highest BCUT2D eigenvalue weighted by Crippen LogP contribution is 2.26. The van der Waals surface area contributed by atoms with Gasteiger partial charge in [0.25, 0.3) is 15.9 Å². The van der Waals surface area contributed by atoms with Crippen molar-refractivity contribution in [2.75, 3.05) is 23.8 Å². The number of carbonyl (C=O) groups excluding carboxylic acids is 1. The van der Waals surface area contributed by atoms with Crippen LogP contribution in [0.3, 0.4) is 0 Å². The van der Waals surface area contributed by atoms with Crippen LogP contribution in [0.15, 0.2) is 106 Å². The Bertz CT molecular complexity index is 1580. The molecule has 0 aliphatic rings. The van der Waals surface area contributed by atoms with E-state index in [4.69, 9.17) is 21.7 Å². The van der Waals surface area contributed by atoms with E-state index < -0.39 is 15.9 Å². The molecular weight excluding hydrogens is 614 g/mol. The molecule has 8 nitrogen and oxygen atoms in total. The van der Waals surface area contributed by atoms with Crippen molar-refractivity contribution < 1.29 is 22.7 Å². The lowest BCUT2D eigenvalue weighted by atomic mass is 10.2. The van der Waals surface area contributed by atoms with Crippen molar-refractivity contribution in [2.24, 2.45) is 0 Å². The summed E-state index contributed by atoms with van der Waals surface area (Å²) in [6, 6.07) is 27.6. The van der Waals surface area contributed by atoms with Gasteiger partial charge >= 0.3 is 0 Å². The highest BCUT2D eigenvalue weighted by Gasteiger charge is 2.15. The SMILES string of the molecule is COc1ccc(NS(=O)(=O)c2ccc(NC(=S)NC(=O)c3ccc(OCCc4ccccc4)c(Br)c3)cc2)cc1. The Morgan fingerprint density at radius 2 is 1.57 bits per heavy atom. The van der Waals surface area contributed by atoms with Crippen LogP contribution in [0.5, 0.6) is 11.5 Å². The number of nitrogens with one attached hydrogen (secondary N) is 3. The van der Waals surface area contributed by atoms with E-state index in [1.54, 1.807) is 54.6 Å². The fourth-order valence-electron chi connectivity index (χ4n) is 3.61. The first-order valence-electron chi connectivity index (χ1n) is 12.1. The second-order valence-electron chi connectivity index (χ2n) is 8.50. The number of hydrogen-bond donors (Lipinski definition) is 3. The van der Waals surface area contributed by atoms with E-state index in [1.807, 2.05) is 30.3 Å². The van der Waals surface area contributed by atoms with Crippen LogP contribution in [0.2, 0.25) is 0 Å². The lowest BCUT2D eigenvalue weighted by molar-refractivity contribution is 0.0977. The fourth-order valence-corrected chi connectivity index (χ4v) is 5.37. The first kappa shape index (κ1) is 29.1. The van der Waals surface area contributed by atoms with E-state index in [1.165, 1.54) is 24.8 Å². The van der Waals surface area contributed by atoms with Crippen LogP contribution in [-0.4, -0.2) is 33.2 Å². The summed E-state index contributed by atoms with van der Waals surface area (Å²) in [6.07, 6.45) is 0.765. The number of sulfonamides is 1. The number of rotatable bonds is 10. The smallest absolute Gasteiger partial charge is 0.261 e. The van der Waals surface area contributed by atoms with Gasteiger partial charge in [-0.05, 0) is 100 Å². The van der Waals surface area contributed by atoms with Gasteiger partial charge in [-0.2, -0.15) is 0 Å². The second-order valence-corrected chi connectivity index (χ2v) is 11.4. The highest BCUT2D eigenvalue weighted by atomic mass is 79.9. The van der Waals surface area contributed by atoms with Crippen LogP contribution in [0.1, 0.15) is 15.9 Å². The van der Waals surface area contributed by atoms with Gasteiger partial charge in [0.1, 0.15) is 11.5 Å². The number of hydrogen-bond acceptors (Lipinski definition) is 6. The van der Waals surface area contributed by atoms with Crippen LogP contribution in [0, 0.1) is 0 Å². The zero-order valence-electron chi connectivity index (χ0n) is 21.4. The molecule has 0 saturated heterocycles. The number of ether oxygens (including phenoxy) is 2. The molecule has 0 heterocycles. The van der Waals surface area contributed by atoms with E-state index in [9.17, 15) is 13.2 Å². The molecule has 0 saturated carbocycles. The number of amides is 1. The van der Waals surface area contributed by atoms with Crippen LogP contribution in [0.25, 0.3) is 0 Å². The zero-order chi connectivity index (χ0) is 28.5. The molecule has 40 heavy (non-hydrogen) atoms. The fraction of sp³-hybridized carbons (Fsp3) is 0.103. The molecule has 3 N–H and O–H groups in total. The summed E-state index contributed by atoms with van der Waals surface area (Å²) in [7, 11) is -2.26. The van der Waals surface area contributed by atoms with Crippen molar-refractivity contribution in [2.45, 2.75) is 11.3 Å². The summed E-state index contributed by atoms with van der Waals surface area (Å²) >= 11 is 8.73. The van der Waals surface area contributed by atoms with Gasteiger partial charge in [0.15, 0.2) is 5.11 Å². The summed E-state index contributed by atoms with van der Waals surface area (Å²) in [6.45, 7) is 0.500. The molecule has 0 unspecified atom stereocenters.